The first-order valence-electron chi connectivity index (χ1n) is 16.9. The summed E-state index contributed by atoms with van der Waals surface area (Å²) in [5, 5.41) is 30.8. The van der Waals surface area contributed by atoms with Crippen LogP contribution in [0, 0.1) is 23.2 Å². The molecule has 11 nitrogen and oxygen atoms in total. The normalized spacial score (nSPS) is 46.8. The molecule has 6 fully saturated rings. The third kappa shape index (κ3) is 4.15. The van der Waals surface area contributed by atoms with E-state index in [0.29, 0.717) is 56.2 Å². The van der Waals surface area contributed by atoms with Crippen molar-refractivity contribution in [2.24, 2.45) is 23.2 Å². The van der Waals surface area contributed by atoms with Gasteiger partial charge < -0.3 is 34.5 Å². The Bertz CT molecular complexity index is 1400. The van der Waals surface area contributed by atoms with Crippen molar-refractivity contribution in [1.29, 1.82) is 0 Å². The van der Waals surface area contributed by atoms with E-state index in [-0.39, 0.29) is 47.3 Å². The Labute approximate surface area is 271 Å². The van der Waals surface area contributed by atoms with Crippen molar-refractivity contribution in [1.82, 2.24) is 10.4 Å². The van der Waals surface area contributed by atoms with E-state index in [1.165, 1.54) is 0 Å². The summed E-state index contributed by atoms with van der Waals surface area (Å²) < 4.78 is 24.9. The molecule has 3 saturated carbocycles. The second kappa shape index (κ2) is 10.7. The van der Waals surface area contributed by atoms with Gasteiger partial charge in [0.1, 0.15) is 16.8 Å². The van der Waals surface area contributed by atoms with Gasteiger partial charge in [-0.3, -0.25) is 4.79 Å². The molecule has 1 amide bonds. The van der Waals surface area contributed by atoms with Gasteiger partial charge in [0.25, 0.3) is 0 Å². The smallest absolute Gasteiger partial charge is 0.340 e. The third-order valence-electron chi connectivity index (χ3n) is 12.9. The lowest BCUT2D eigenvalue weighted by Gasteiger charge is -2.67. The van der Waals surface area contributed by atoms with E-state index in [1.54, 1.807) is 45.6 Å². The Hall–Kier alpha value is -2.12. The first-order chi connectivity index (χ1) is 21.7. The molecule has 7 bridgehead atoms. The lowest BCUT2D eigenvalue weighted by atomic mass is 9.56. The molecule has 254 valence electrons. The summed E-state index contributed by atoms with van der Waals surface area (Å²) in [6.07, 6.45) is 2.58. The number of hydrazine groups is 1. The van der Waals surface area contributed by atoms with Crippen molar-refractivity contribution in [3.63, 3.8) is 0 Å². The fourth-order valence-corrected chi connectivity index (χ4v) is 11.2. The fourth-order valence-electron chi connectivity index (χ4n) is 11.2. The highest BCUT2D eigenvalue weighted by Gasteiger charge is 2.87. The van der Waals surface area contributed by atoms with E-state index in [1.807, 2.05) is 27.7 Å². The van der Waals surface area contributed by atoms with Gasteiger partial charge in [0.15, 0.2) is 0 Å². The van der Waals surface area contributed by atoms with Crippen LogP contribution in [-0.2, 0) is 23.7 Å². The third-order valence-corrected chi connectivity index (χ3v) is 12.9. The molecule has 13 atom stereocenters. The van der Waals surface area contributed by atoms with Gasteiger partial charge in [-0.1, -0.05) is 32.9 Å². The maximum Gasteiger partial charge on any atom is 0.340 e. The number of nitrogens with zero attached hydrogens (tertiary/aromatic N) is 1. The minimum Gasteiger partial charge on any atom is -0.453 e. The highest BCUT2D eigenvalue weighted by Crippen LogP contribution is 2.73. The maximum atomic E-state index is 14.3. The van der Waals surface area contributed by atoms with Crippen molar-refractivity contribution < 1.29 is 38.7 Å². The second-order valence-corrected chi connectivity index (χ2v) is 16.1. The Kier molecular flexibility index (Phi) is 7.54. The van der Waals surface area contributed by atoms with E-state index in [2.05, 4.69) is 15.8 Å². The number of fused-ring (bicyclic) bond motifs is 2. The number of amides is 1. The van der Waals surface area contributed by atoms with E-state index in [0.717, 1.165) is 0 Å². The summed E-state index contributed by atoms with van der Waals surface area (Å²) in [7, 11) is 5.00. The summed E-state index contributed by atoms with van der Waals surface area (Å²) in [5.74, 6) is -1.35. The number of rotatable bonds is 7. The molecule has 1 aromatic carbocycles. The van der Waals surface area contributed by atoms with Crippen molar-refractivity contribution in [2.75, 3.05) is 26.6 Å². The summed E-state index contributed by atoms with van der Waals surface area (Å²) in [4.78, 5) is 27.3. The number of anilines is 1. The van der Waals surface area contributed by atoms with Crippen molar-refractivity contribution in [2.45, 2.75) is 125 Å². The number of hydrogen-bond acceptors (Lipinski definition) is 10. The first kappa shape index (κ1) is 32.4. The Morgan fingerprint density at radius 1 is 1.04 bits per heavy atom. The highest BCUT2D eigenvalue weighted by molar-refractivity contribution is 6.01. The van der Waals surface area contributed by atoms with E-state index in [4.69, 9.17) is 18.9 Å². The quantitative estimate of drug-likeness (QED) is 0.329. The Morgan fingerprint density at radius 2 is 1.78 bits per heavy atom. The molecule has 1 aromatic rings. The van der Waals surface area contributed by atoms with Crippen LogP contribution in [0.25, 0.3) is 0 Å². The average molecular weight is 642 g/mol. The Balaban J connectivity index is 1.31. The molecule has 1 spiro atoms. The number of methoxy groups -OCH3 is 3. The van der Waals surface area contributed by atoms with Crippen molar-refractivity contribution in [3.05, 3.63) is 29.8 Å². The number of ether oxygens (including phenoxy) is 4. The number of carbonyl (C=O) groups excluding carboxylic acids is 2. The van der Waals surface area contributed by atoms with Gasteiger partial charge in [0.05, 0.1) is 47.2 Å². The highest BCUT2D eigenvalue weighted by atomic mass is 16.6. The molecule has 11 heteroatoms. The first-order valence-corrected chi connectivity index (χ1v) is 16.9. The van der Waals surface area contributed by atoms with Gasteiger partial charge in [0, 0.05) is 51.9 Å². The number of nitrogens with one attached hydrogen (secondary N) is 2. The average Bonchev–Trinajstić information content (AvgIpc) is 3.35. The molecule has 3 heterocycles. The van der Waals surface area contributed by atoms with Crippen LogP contribution in [0.2, 0.25) is 0 Å². The van der Waals surface area contributed by atoms with Crippen molar-refractivity contribution in [3.8, 4) is 0 Å². The van der Waals surface area contributed by atoms with Crippen molar-refractivity contribution >= 4 is 17.6 Å². The summed E-state index contributed by atoms with van der Waals surface area (Å²) in [6, 6.07) is 6.25. The standard InChI is InChI=1S/C35H51N3O8/c1-19-33(46-30(40)21-10-8-9-11-23(21)36-28(39)18-31(2,3)4)13-12-20(43-5)16-32-25(33)15-27(38(32)37-19)34(41)17-24(44-6)22-14-26(32)35(34,42)29(22)45-7/h8-11,19-20,22,24-27,29,37,41-42H,12-18H2,1-7H3,(H,36,39)/t19-,20-,22+,24-,25?,26?,27?,29-,32?,33+,34-,35-/m0/s1. The molecular formula is C35H51N3O8. The van der Waals surface area contributed by atoms with Crippen LogP contribution in [-0.4, -0.2) is 101 Å². The van der Waals surface area contributed by atoms with Gasteiger partial charge in [-0.25, -0.2) is 15.2 Å². The molecule has 3 saturated heterocycles. The fraction of sp³-hybridized carbons (Fsp3) is 0.771. The van der Waals surface area contributed by atoms with Gasteiger partial charge in [-0.2, -0.15) is 0 Å². The molecule has 4 N–H and O–H groups in total. The monoisotopic (exact) mass is 641 g/mol. The molecule has 3 aliphatic carbocycles. The van der Waals surface area contributed by atoms with Crippen LogP contribution in [0.1, 0.15) is 83.0 Å². The number of benzene rings is 1. The van der Waals surface area contributed by atoms with E-state index in [9.17, 15) is 19.8 Å². The van der Waals surface area contributed by atoms with Crippen LogP contribution in [0.4, 0.5) is 5.69 Å². The molecule has 0 aromatic heterocycles. The van der Waals surface area contributed by atoms with E-state index < -0.39 is 40.5 Å². The second-order valence-electron chi connectivity index (χ2n) is 16.1. The largest absolute Gasteiger partial charge is 0.453 e. The zero-order chi connectivity index (χ0) is 33.0. The van der Waals surface area contributed by atoms with Crippen LogP contribution in [0.5, 0.6) is 0 Å². The predicted molar refractivity (Wildman–Crippen MR) is 169 cm³/mol. The zero-order valence-electron chi connectivity index (χ0n) is 28.2. The van der Waals surface area contributed by atoms with E-state index >= 15 is 0 Å². The minimum atomic E-state index is -1.51. The maximum absolute atomic E-state index is 14.3. The topological polar surface area (TPSA) is 139 Å². The SMILES string of the molecule is CO[C@H]1CC[C@]2(OC(=O)c3ccccc3NC(=O)CC(C)(C)C)C3CC4N(N[C@H]2C)C3(C1)C1C[C@@H]2[C@@H](OC)C[C@@]4(O)[C@@]1(O)[C@H]2OC. The van der Waals surface area contributed by atoms with Gasteiger partial charge >= 0.3 is 5.97 Å². The zero-order valence-corrected chi connectivity index (χ0v) is 28.2. The molecular weight excluding hydrogens is 590 g/mol. The van der Waals surface area contributed by atoms with Gasteiger partial charge in [-0.05, 0) is 56.6 Å². The molecule has 7 rings (SSSR count). The number of aliphatic hydroxyl groups is 2. The molecule has 3 aliphatic heterocycles. The number of para-hydroxylation sites is 1. The van der Waals surface area contributed by atoms with Crippen LogP contribution < -0.4 is 10.7 Å². The predicted octanol–water partition coefficient (Wildman–Crippen LogP) is 3.04. The summed E-state index contributed by atoms with van der Waals surface area (Å²) in [6.45, 7) is 8.04. The lowest BCUT2D eigenvalue weighted by Crippen LogP contribution is -2.86. The lowest BCUT2D eigenvalue weighted by molar-refractivity contribution is -0.325. The minimum absolute atomic E-state index is 0.0943. The number of carbonyl (C=O) groups is 2. The summed E-state index contributed by atoms with van der Waals surface area (Å²) in [5.41, 5.74) is -0.418. The van der Waals surface area contributed by atoms with Crippen LogP contribution >= 0.6 is 0 Å². The molecule has 0 radical (unpaired) electrons. The Morgan fingerprint density at radius 3 is 2.46 bits per heavy atom. The molecule has 6 aliphatic rings. The molecule has 5 unspecified atom stereocenters. The summed E-state index contributed by atoms with van der Waals surface area (Å²) >= 11 is 0. The van der Waals surface area contributed by atoms with Crippen LogP contribution in [0.3, 0.4) is 0 Å². The van der Waals surface area contributed by atoms with Crippen LogP contribution in [0.15, 0.2) is 24.3 Å². The number of esters is 1. The number of hydrogen-bond donors (Lipinski definition) is 4. The number of piperidine rings is 1. The van der Waals surface area contributed by atoms with Gasteiger partial charge in [0.2, 0.25) is 5.91 Å². The van der Waals surface area contributed by atoms with Gasteiger partial charge in [-0.15, -0.1) is 0 Å². The molecule has 46 heavy (non-hydrogen) atoms.